The van der Waals surface area contributed by atoms with Crippen molar-refractivity contribution in [3.63, 3.8) is 0 Å². The lowest BCUT2D eigenvalue weighted by molar-refractivity contribution is 0.257. The number of halogens is 1. The Labute approximate surface area is 102 Å². The number of nitrogens with two attached hydrogens (primary N) is 1. The minimum absolute atomic E-state index is 0.657. The Morgan fingerprint density at radius 3 is 2.75 bits per heavy atom. The normalized spacial score (nSPS) is 26.2. The van der Waals surface area contributed by atoms with Gasteiger partial charge >= 0.3 is 0 Å². The fourth-order valence-electron chi connectivity index (χ4n) is 2.54. The minimum atomic E-state index is 0.657. The van der Waals surface area contributed by atoms with Crippen molar-refractivity contribution in [2.45, 2.75) is 32.9 Å². The SMILES string of the molecule is CC1CC(C)N(Cc2ccc(Cl)cc2N)C1. The van der Waals surface area contributed by atoms with Gasteiger partial charge in [0.05, 0.1) is 0 Å². The summed E-state index contributed by atoms with van der Waals surface area (Å²) in [7, 11) is 0. The fraction of sp³-hybridized carbons (Fsp3) is 0.538. The summed E-state index contributed by atoms with van der Waals surface area (Å²) in [6.45, 7) is 6.70. The van der Waals surface area contributed by atoms with E-state index in [0.717, 1.165) is 18.2 Å². The van der Waals surface area contributed by atoms with E-state index in [2.05, 4.69) is 18.7 Å². The summed E-state index contributed by atoms with van der Waals surface area (Å²) in [6, 6.07) is 6.44. The van der Waals surface area contributed by atoms with Crippen LogP contribution in [-0.2, 0) is 6.54 Å². The predicted octanol–water partition coefficient (Wildman–Crippen LogP) is 3.15. The molecule has 1 aliphatic heterocycles. The van der Waals surface area contributed by atoms with Crippen LogP contribution in [0, 0.1) is 5.92 Å². The summed E-state index contributed by atoms with van der Waals surface area (Å²) >= 11 is 5.89. The molecule has 2 rings (SSSR count). The second kappa shape index (κ2) is 4.64. The number of anilines is 1. The zero-order valence-corrected chi connectivity index (χ0v) is 10.7. The van der Waals surface area contributed by atoms with Gasteiger partial charge in [0.25, 0.3) is 0 Å². The third kappa shape index (κ3) is 2.50. The van der Waals surface area contributed by atoms with Crippen molar-refractivity contribution in [2.75, 3.05) is 12.3 Å². The molecule has 1 heterocycles. The van der Waals surface area contributed by atoms with Gasteiger partial charge in [0, 0.05) is 29.8 Å². The lowest BCUT2D eigenvalue weighted by Gasteiger charge is -2.21. The van der Waals surface area contributed by atoms with Crippen LogP contribution in [0.2, 0.25) is 5.02 Å². The Kier molecular flexibility index (Phi) is 3.41. The van der Waals surface area contributed by atoms with E-state index >= 15 is 0 Å². The third-order valence-electron chi connectivity index (χ3n) is 3.39. The molecule has 2 unspecified atom stereocenters. The molecule has 0 spiro atoms. The Bertz CT molecular complexity index is 378. The van der Waals surface area contributed by atoms with Crippen LogP contribution in [0.5, 0.6) is 0 Å². The molecule has 2 N–H and O–H groups in total. The van der Waals surface area contributed by atoms with Crippen molar-refractivity contribution in [3.8, 4) is 0 Å². The molecule has 16 heavy (non-hydrogen) atoms. The number of benzene rings is 1. The molecule has 1 aliphatic rings. The first kappa shape index (κ1) is 11.7. The van der Waals surface area contributed by atoms with Gasteiger partial charge in [-0.1, -0.05) is 24.6 Å². The van der Waals surface area contributed by atoms with Gasteiger partial charge in [-0.2, -0.15) is 0 Å². The van der Waals surface area contributed by atoms with Crippen LogP contribution in [0.1, 0.15) is 25.8 Å². The molecule has 0 bridgehead atoms. The minimum Gasteiger partial charge on any atom is -0.398 e. The van der Waals surface area contributed by atoms with E-state index in [1.165, 1.54) is 18.5 Å². The number of likely N-dealkylation sites (tertiary alicyclic amines) is 1. The molecule has 0 amide bonds. The summed E-state index contributed by atoms with van der Waals surface area (Å²) in [5.41, 5.74) is 7.96. The standard InChI is InChI=1S/C13H19ClN2/c1-9-5-10(2)16(7-9)8-11-3-4-12(14)6-13(11)15/h3-4,6,9-10H,5,7-8,15H2,1-2H3. The van der Waals surface area contributed by atoms with Gasteiger partial charge in [-0.15, -0.1) is 0 Å². The molecule has 0 aromatic heterocycles. The first-order valence-corrected chi connectivity index (χ1v) is 6.22. The van der Waals surface area contributed by atoms with Crippen molar-refractivity contribution in [1.29, 1.82) is 0 Å². The van der Waals surface area contributed by atoms with Gasteiger partial charge < -0.3 is 5.73 Å². The number of hydrogen-bond donors (Lipinski definition) is 1. The highest BCUT2D eigenvalue weighted by Crippen LogP contribution is 2.26. The van der Waals surface area contributed by atoms with Crippen LogP contribution in [0.25, 0.3) is 0 Å². The average molecular weight is 239 g/mol. The highest BCUT2D eigenvalue weighted by Gasteiger charge is 2.26. The number of hydrogen-bond acceptors (Lipinski definition) is 2. The predicted molar refractivity (Wildman–Crippen MR) is 69.5 cm³/mol. The molecule has 2 nitrogen and oxygen atoms in total. The van der Waals surface area contributed by atoms with Gasteiger partial charge in [0.15, 0.2) is 0 Å². The Morgan fingerprint density at radius 2 is 2.19 bits per heavy atom. The van der Waals surface area contributed by atoms with E-state index in [9.17, 15) is 0 Å². The third-order valence-corrected chi connectivity index (χ3v) is 3.63. The number of nitrogens with zero attached hydrogens (tertiary/aromatic N) is 1. The maximum absolute atomic E-state index is 5.97. The van der Waals surface area contributed by atoms with E-state index in [0.29, 0.717) is 11.1 Å². The quantitative estimate of drug-likeness (QED) is 0.802. The molecule has 0 aliphatic carbocycles. The zero-order valence-electron chi connectivity index (χ0n) is 9.91. The van der Waals surface area contributed by atoms with E-state index < -0.39 is 0 Å². The first-order chi connectivity index (χ1) is 7.56. The lowest BCUT2D eigenvalue weighted by atomic mass is 10.1. The van der Waals surface area contributed by atoms with E-state index in [1.807, 2.05) is 18.2 Å². The smallest absolute Gasteiger partial charge is 0.0426 e. The fourth-order valence-corrected chi connectivity index (χ4v) is 2.72. The monoisotopic (exact) mass is 238 g/mol. The second-order valence-corrected chi connectivity index (χ2v) is 5.40. The van der Waals surface area contributed by atoms with Crippen LogP contribution < -0.4 is 5.73 Å². The van der Waals surface area contributed by atoms with E-state index in [4.69, 9.17) is 17.3 Å². The van der Waals surface area contributed by atoms with Gasteiger partial charge in [-0.25, -0.2) is 0 Å². The van der Waals surface area contributed by atoms with Gasteiger partial charge in [-0.05, 0) is 37.0 Å². The highest BCUT2D eigenvalue weighted by molar-refractivity contribution is 6.30. The van der Waals surface area contributed by atoms with Crippen LogP contribution in [-0.4, -0.2) is 17.5 Å². The molecule has 0 radical (unpaired) electrons. The van der Waals surface area contributed by atoms with Crippen molar-refractivity contribution in [2.24, 2.45) is 5.92 Å². The lowest BCUT2D eigenvalue weighted by Crippen LogP contribution is -2.26. The van der Waals surface area contributed by atoms with Crippen molar-refractivity contribution in [1.82, 2.24) is 4.90 Å². The molecule has 3 heteroatoms. The van der Waals surface area contributed by atoms with Crippen LogP contribution in [0.4, 0.5) is 5.69 Å². The Balaban J connectivity index is 2.09. The second-order valence-electron chi connectivity index (χ2n) is 4.96. The van der Waals surface area contributed by atoms with E-state index in [1.54, 1.807) is 0 Å². The molecule has 2 atom stereocenters. The topological polar surface area (TPSA) is 29.3 Å². The molecular formula is C13H19ClN2. The maximum atomic E-state index is 5.97. The summed E-state index contributed by atoms with van der Waals surface area (Å²) in [6.07, 6.45) is 1.29. The summed E-state index contributed by atoms with van der Waals surface area (Å²) < 4.78 is 0. The van der Waals surface area contributed by atoms with Crippen LogP contribution in [0.15, 0.2) is 18.2 Å². The Hall–Kier alpha value is -0.730. The van der Waals surface area contributed by atoms with Gasteiger partial charge in [0.1, 0.15) is 0 Å². The maximum Gasteiger partial charge on any atom is 0.0426 e. The highest BCUT2D eigenvalue weighted by atomic mass is 35.5. The molecular weight excluding hydrogens is 220 g/mol. The van der Waals surface area contributed by atoms with Crippen molar-refractivity contribution in [3.05, 3.63) is 28.8 Å². The van der Waals surface area contributed by atoms with E-state index in [-0.39, 0.29) is 0 Å². The van der Waals surface area contributed by atoms with Gasteiger partial charge in [-0.3, -0.25) is 4.90 Å². The average Bonchev–Trinajstić information content (AvgIpc) is 2.50. The molecule has 1 aromatic carbocycles. The molecule has 1 fully saturated rings. The largest absolute Gasteiger partial charge is 0.398 e. The summed E-state index contributed by atoms with van der Waals surface area (Å²) in [5, 5.41) is 0.712. The molecule has 1 saturated heterocycles. The van der Waals surface area contributed by atoms with Crippen LogP contribution >= 0.6 is 11.6 Å². The molecule has 1 aromatic rings. The van der Waals surface area contributed by atoms with Crippen molar-refractivity contribution < 1.29 is 0 Å². The zero-order chi connectivity index (χ0) is 11.7. The summed E-state index contributed by atoms with van der Waals surface area (Å²) in [4.78, 5) is 2.49. The van der Waals surface area contributed by atoms with Crippen molar-refractivity contribution >= 4 is 17.3 Å². The first-order valence-electron chi connectivity index (χ1n) is 5.84. The van der Waals surface area contributed by atoms with Gasteiger partial charge in [0.2, 0.25) is 0 Å². The molecule has 88 valence electrons. The number of rotatable bonds is 2. The summed E-state index contributed by atoms with van der Waals surface area (Å²) in [5.74, 6) is 0.795. The van der Waals surface area contributed by atoms with Crippen LogP contribution in [0.3, 0.4) is 0 Å². The Morgan fingerprint density at radius 1 is 1.44 bits per heavy atom. The number of nitrogen functional groups attached to an aromatic ring is 1. The molecule has 0 saturated carbocycles.